The highest BCUT2D eigenvalue weighted by Crippen LogP contribution is 2.18. The van der Waals surface area contributed by atoms with Gasteiger partial charge in [0.1, 0.15) is 11.6 Å². The Hall–Kier alpha value is -1.79. The predicted molar refractivity (Wildman–Crippen MR) is 61.9 cm³/mol. The van der Waals surface area contributed by atoms with Gasteiger partial charge in [0.25, 0.3) is 0 Å². The second kappa shape index (κ2) is 4.83. The quantitative estimate of drug-likeness (QED) is 0.651. The van der Waals surface area contributed by atoms with Crippen LogP contribution in [0.4, 0.5) is 9.59 Å². The molecule has 0 bridgehead atoms. The first-order valence-electron chi connectivity index (χ1n) is 5.52. The Kier molecular flexibility index (Phi) is 3.83. The third-order valence-electron chi connectivity index (χ3n) is 2.44. The average Bonchev–Trinajstić information content (AvgIpc) is 2.53. The van der Waals surface area contributed by atoms with Gasteiger partial charge in [0.15, 0.2) is 0 Å². The predicted octanol–water partition coefficient (Wildman–Crippen LogP) is 0.830. The van der Waals surface area contributed by atoms with E-state index in [4.69, 9.17) is 4.74 Å². The van der Waals surface area contributed by atoms with Crippen LogP contribution in [0.15, 0.2) is 0 Å². The van der Waals surface area contributed by atoms with Crippen LogP contribution in [0.1, 0.15) is 20.8 Å². The average molecular weight is 258 g/mol. The SMILES string of the molecule is COC(=O)C1CN(C(=O)OC(C)(C)C)C(=O)N1C. The Morgan fingerprint density at radius 2 is 1.89 bits per heavy atom. The number of nitrogens with zero attached hydrogens (tertiary/aromatic N) is 2. The molecule has 1 heterocycles. The summed E-state index contributed by atoms with van der Waals surface area (Å²) in [5.41, 5.74) is -0.695. The van der Waals surface area contributed by atoms with Crippen molar-refractivity contribution in [2.24, 2.45) is 0 Å². The minimum atomic E-state index is -0.782. The van der Waals surface area contributed by atoms with Crippen molar-refractivity contribution in [3.05, 3.63) is 0 Å². The zero-order valence-corrected chi connectivity index (χ0v) is 11.2. The number of esters is 1. The molecule has 7 nitrogen and oxygen atoms in total. The molecule has 0 aromatic carbocycles. The van der Waals surface area contributed by atoms with Crippen molar-refractivity contribution in [2.75, 3.05) is 20.7 Å². The normalized spacial score (nSPS) is 20.1. The molecule has 1 aliphatic heterocycles. The van der Waals surface area contributed by atoms with Gasteiger partial charge >= 0.3 is 18.1 Å². The molecule has 1 saturated heterocycles. The molecule has 1 atom stereocenters. The number of hydrogen-bond acceptors (Lipinski definition) is 5. The number of methoxy groups -OCH3 is 1. The topological polar surface area (TPSA) is 76.1 Å². The zero-order chi connectivity index (χ0) is 14.1. The molecular formula is C11H18N2O5. The number of ether oxygens (including phenoxy) is 2. The maximum absolute atomic E-state index is 11.8. The van der Waals surface area contributed by atoms with Crippen LogP contribution in [0, 0.1) is 0 Å². The zero-order valence-electron chi connectivity index (χ0n) is 11.2. The maximum atomic E-state index is 11.8. The van der Waals surface area contributed by atoms with Gasteiger partial charge in [-0.25, -0.2) is 19.3 Å². The van der Waals surface area contributed by atoms with Crippen LogP contribution < -0.4 is 0 Å². The molecule has 1 aliphatic rings. The van der Waals surface area contributed by atoms with Crippen LogP contribution >= 0.6 is 0 Å². The van der Waals surface area contributed by atoms with Crippen LogP contribution in [0.3, 0.4) is 0 Å². The van der Waals surface area contributed by atoms with Gasteiger partial charge in [0.05, 0.1) is 13.7 Å². The molecule has 1 rings (SSSR count). The highest BCUT2D eigenvalue weighted by molar-refractivity contribution is 5.96. The first kappa shape index (κ1) is 14.3. The molecule has 0 spiro atoms. The van der Waals surface area contributed by atoms with E-state index in [0.717, 1.165) is 9.80 Å². The van der Waals surface area contributed by atoms with E-state index in [0.29, 0.717) is 0 Å². The smallest absolute Gasteiger partial charge is 0.418 e. The molecule has 0 saturated carbocycles. The Bertz CT molecular complexity index is 374. The lowest BCUT2D eigenvalue weighted by Crippen LogP contribution is -2.39. The molecule has 18 heavy (non-hydrogen) atoms. The Balaban J connectivity index is 2.78. The highest BCUT2D eigenvalue weighted by atomic mass is 16.6. The molecule has 0 aromatic rings. The number of amides is 3. The van der Waals surface area contributed by atoms with Gasteiger partial charge in [-0.15, -0.1) is 0 Å². The Labute approximate surface area is 106 Å². The summed E-state index contributed by atoms with van der Waals surface area (Å²) in [6.45, 7) is 5.05. The summed E-state index contributed by atoms with van der Waals surface area (Å²) >= 11 is 0. The summed E-state index contributed by atoms with van der Waals surface area (Å²) in [5, 5.41) is 0. The third kappa shape index (κ3) is 2.91. The Morgan fingerprint density at radius 1 is 1.33 bits per heavy atom. The summed E-state index contributed by atoms with van der Waals surface area (Å²) in [4.78, 5) is 37.1. The maximum Gasteiger partial charge on any atom is 0.418 e. The second-order valence-corrected chi connectivity index (χ2v) is 5.02. The van der Waals surface area contributed by atoms with E-state index in [2.05, 4.69) is 4.74 Å². The van der Waals surface area contributed by atoms with Crippen molar-refractivity contribution in [2.45, 2.75) is 32.4 Å². The minimum Gasteiger partial charge on any atom is -0.467 e. The van der Waals surface area contributed by atoms with Crippen LogP contribution in [0.2, 0.25) is 0 Å². The summed E-state index contributed by atoms with van der Waals surface area (Å²) in [6.07, 6.45) is -0.759. The molecule has 7 heteroatoms. The lowest BCUT2D eigenvalue weighted by molar-refractivity contribution is -0.144. The van der Waals surface area contributed by atoms with Gasteiger partial charge in [-0.3, -0.25) is 0 Å². The van der Waals surface area contributed by atoms with Gasteiger partial charge < -0.3 is 14.4 Å². The van der Waals surface area contributed by atoms with Crippen molar-refractivity contribution in [3.8, 4) is 0 Å². The molecular weight excluding hydrogens is 240 g/mol. The van der Waals surface area contributed by atoms with E-state index >= 15 is 0 Å². The van der Waals surface area contributed by atoms with Crippen LogP contribution in [0.25, 0.3) is 0 Å². The summed E-state index contributed by atoms with van der Waals surface area (Å²) in [7, 11) is 2.67. The van der Waals surface area contributed by atoms with Crippen LogP contribution in [-0.4, -0.2) is 60.2 Å². The Morgan fingerprint density at radius 3 is 2.33 bits per heavy atom. The van der Waals surface area contributed by atoms with E-state index in [1.165, 1.54) is 14.2 Å². The fraction of sp³-hybridized carbons (Fsp3) is 0.727. The van der Waals surface area contributed by atoms with Gasteiger partial charge in [-0.1, -0.05) is 0 Å². The van der Waals surface area contributed by atoms with Crippen LogP contribution in [0.5, 0.6) is 0 Å². The highest BCUT2D eigenvalue weighted by Gasteiger charge is 2.44. The molecule has 0 aliphatic carbocycles. The number of carbonyl (C=O) groups excluding carboxylic acids is 3. The van der Waals surface area contributed by atoms with Crippen LogP contribution in [-0.2, 0) is 14.3 Å². The van der Waals surface area contributed by atoms with Crippen molar-refractivity contribution >= 4 is 18.1 Å². The van der Waals surface area contributed by atoms with Crippen molar-refractivity contribution in [1.82, 2.24) is 9.80 Å². The number of urea groups is 1. The van der Waals surface area contributed by atoms with Crippen molar-refractivity contribution < 1.29 is 23.9 Å². The molecule has 3 amide bonds. The second-order valence-electron chi connectivity index (χ2n) is 5.02. The van der Waals surface area contributed by atoms with Crippen molar-refractivity contribution in [1.29, 1.82) is 0 Å². The van der Waals surface area contributed by atoms with E-state index in [1.807, 2.05) is 0 Å². The lowest BCUT2D eigenvalue weighted by Gasteiger charge is -2.22. The molecule has 1 unspecified atom stereocenters. The third-order valence-corrected chi connectivity index (χ3v) is 2.44. The van der Waals surface area contributed by atoms with Gasteiger partial charge in [0.2, 0.25) is 0 Å². The van der Waals surface area contributed by atoms with E-state index < -0.39 is 29.7 Å². The molecule has 0 aromatic heterocycles. The number of carbonyl (C=O) groups is 3. The first-order valence-corrected chi connectivity index (χ1v) is 5.52. The largest absolute Gasteiger partial charge is 0.467 e. The monoisotopic (exact) mass is 258 g/mol. The lowest BCUT2D eigenvalue weighted by atomic mass is 10.2. The fourth-order valence-corrected chi connectivity index (χ4v) is 1.54. The summed E-state index contributed by atoms with van der Waals surface area (Å²) < 4.78 is 9.66. The van der Waals surface area contributed by atoms with E-state index in [9.17, 15) is 14.4 Å². The molecule has 0 radical (unpaired) electrons. The molecule has 102 valence electrons. The molecule has 0 N–H and O–H groups in total. The first-order chi connectivity index (χ1) is 8.17. The fourth-order valence-electron chi connectivity index (χ4n) is 1.54. The molecule has 1 fully saturated rings. The van der Waals surface area contributed by atoms with E-state index in [-0.39, 0.29) is 6.54 Å². The van der Waals surface area contributed by atoms with Gasteiger partial charge in [0, 0.05) is 7.05 Å². The van der Waals surface area contributed by atoms with E-state index in [1.54, 1.807) is 20.8 Å². The summed E-state index contributed by atoms with van der Waals surface area (Å²) in [5.74, 6) is -0.558. The number of rotatable bonds is 1. The standard InChI is InChI=1S/C11H18N2O5/c1-11(2,3)18-10(16)13-6-7(8(14)17-5)12(4)9(13)15/h7H,6H2,1-5H3. The minimum absolute atomic E-state index is 0.0586. The number of likely N-dealkylation sites (N-methyl/N-ethyl adjacent to an activating group) is 1. The number of imide groups is 1. The summed E-state index contributed by atoms with van der Waals surface area (Å²) in [6, 6.07) is -1.35. The van der Waals surface area contributed by atoms with Crippen molar-refractivity contribution in [3.63, 3.8) is 0 Å². The number of hydrogen-bond donors (Lipinski definition) is 0. The van der Waals surface area contributed by atoms with Gasteiger partial charge in [-0.05, 0) is 20.8 Å². The van der Waals surface area contributed by atoms with Gasteiger partial charge in [-0.2, -0.15) is 0 Å².